The van der Waals surface area contributed by atoms with Crippen molar-refractivity contribution in [1.29, 1.82) is 0 Å². The Labute approximate surface area is 93.0 Å². The molecule has 1 saturated carbocycles. The van der Waals surface area contributed by atoms with Gasteiger partial charge >= 0.3 is 0 Å². The Balaban J connectivity index is 1.73. The van der Waals surface area contributed by atoms with Gasteiger partial charge in [-0.2, -0.15) is 0 Å². The van der Waals surface area contributed by atoms with E-state index in [9.17, 15) is 4.79 Å². The van der Waals surface area contributed by atoms with Crippen molar-refractivity contribution in [3.8, 4) is 0 Å². The predicted molar refractivity (Wildman–Crippen MR) is 56.4 cm³/mol. The molecule has 3 N–H and O–H groups in total. The van der Waals surface area contributed by atoms with Gasteiger partial charge in [0.15, 0.2) is 0 Å². The van der Waals surface area contributed by atoms with Gasteiger partial charge in [-0.15, -0.1) is 5.10 Å². The molecule has 2 rings (SSSR count). The maximum Gasteiger partial charge on any atom is 0.242 e. The summed E-state index contributed by atoms with van der Waals surface area (Å²) in [4.78, 5) is 15.3. The van der Waals surface area contributed by atoms with Crippen LogP contribution in [0.2, 0.25) is 0 Å². The summed E-state index contributed by atoms with van der Waals surface area (Å²) in [7, 11) is 1.68. The van der Waals surface area contributed by atoms with Gasteiger partial charge in [-0.1, -0.05) is 0 Å². The second-order valence-corrected chi connectivity index (χ2v) is 3.89. The first-order chi connectivity index (χ1) is 7.67. The minimum absolute atomic E-state index is 0.0792. The molecule has 1 aliphatic rings. The summed E-state index contributed by atoms with van der Waals surface area (Å²) in [6.45, 7) is 0.151. The molecule has 1 heterocycles. The van der Waals surface area contributed by atoms with Crippen molar-refractivity contribution in [2.24, 2.45) is 0 Å². The second kappa shape index (κ2) is 4.48. The number of amides is 1. The van der Waals surface area contributed by atoms with Gasteiger partial charge in [0, 0.05) is 13.2 Å². The molecule has 1 aliphatic carbocycles. The lowest BCUT2D eigenvalue weighted by atomic mass is 9.89. The molecule has 1 aromatic heterocycles. The molecule has 88 valence electrons. The molecule has 0 aromatic carbocycles. The van der Waals surface area contributed by atoms with Gasteiger partial charge in [-0.25, -0.2) is 9.67 Å². The normalized spacial score (nSPS) is 23.8. The zero-order valence-corrected chi connectivity index (χ0v) is 9.09. The van der Waals surface area contributed by atoms with Crippen LogP contribution in [0, 0.1) is 0 Å². The van der Waals surface area contributed by atoms with Crippen molar-refractivity contribution < 1.29 is 9.53 Å². The summed E-state index contributed by atoms with van der Waals surface area (Å²) >= 11 is 0. The number of hydrogen-bond donors (Lipinski definition) is 2. The van der Waals surface area contributed by atoms with Crippen LogP contribution in [0.1, 0.15) is 12.8 Å². The fourth-order valence-electron chi connectivity index (χ4n) is 1.68. The molecule has 7 nitrogen and oxygen atoms in total. The molecule has 1 aromatic rings. The van der Waals surface area contributed by atoms with Crippen molar-refractivity contribution in [2.75, 3.05) is 12.8 Å². The fraction of sp³-hybridized carbons (Fsp3) is 0.667. The van der Waals surface area contributed by atoms with Gasteiger partial charge in [0.2, 0.25) is 11.9 Å². The topological polar surface area (TPSA) is 95.1 Å². The van der Waals surface area contributed by atoms with Crippen LogP contribution in [-0.4, -0.2) is 39.9 Å². The van der Waals surface area contributed by atoms with Crippen molar-refractivity contribution >= 4 is 11.9 Å². The van der Waals surface area contributed by atoms with Crippen LogP contribution < -0.4 is 11.1 Å². The second-order valence-electron chi connectivity index (χ2n) is 3.89. The van der Waals surface area contributed by atoms with E-state index in [2.05, 4.69) is 15.4 Å². The first kappa shape index (κ1) is 10.9. The van der Waals surface area contributed by atoms with E-state index in [0.717, 1.165) is 12.8 Å². The lowest BCUT2D eigenvalue weighted by Crippen LogP contribution is -2.48. The smallest absolute Gasteiger partial charge is 0.242 e. The predicted octanol–water partition coefficient (Wildman–Crippen LogP) is -0.846. The third kappa shape index (κ3) is 2.48. The summed E-state index contributed by atoms with van der Waals surface area (Å²) in [6, 6.07) is 0.221. The van der Waals surface area contributed by atoms with Crippen molar-refractivity contribution in [3.05, 3.63) is 6.33 Å². The minimum atomic E-state index is -0.0792. The molecule has 1 fully saturated rings. The van der Waals surface area contributed by atoms with Crippen LogP contribution >= 0.6 is 0 Å². The number of nitrogen functional groups attached to an aromatic ring is 1. The van der Waals surface area contributed by atoms with Crippen LogP contribution in [0.25, 0.3) is 0 Å². The first-order valence-corrected chi connectivity index (χ1v) is 5.14. The Hall–Kier alpha value is -1.63. The van der Waals surface area contributed by atoms with Crippen LogP contribution in [0.15, 0.2) is 6.33 Å². The average Bonchev–Trinajstić information content (AvgIpc) is 2.57. The third-order valence-electron chi connectivity index (χ3n) is 2.65. The number of anilines is 1. The van der Waals surface area contributed by atoms with Gasteiger partial charge in [-0.05, 0) is 12.8 Å². The van der Waals surface area contributed by atoms with Gasteiger partial charge in [0.05, 0.1) is 6.10 Å². The van der Waals surface area contributed by atoms with E-state index in [4.69, 9.17) is 10.5 Å². The number of carbonyl (C=O) groups excluding carboxylic acids is 1. The van der Waals surface area contributed by atoms with Crippen LogP contribution in [0.3, 0.4) is 0 Å². The molecular formula is C9H15N5O2. The summed E-state index contributed by atoms with van der Waals surface area (Å²) in [6.07, 6.45) is 3.48. The number of rotatable bonds is 4. The molecule has 0 bridgehead atoms. The van der Waals surface area contributed by atoms with Gasteiger partial charge in [-0.3, -0.25) is 4.79 Å². The van der Waals surface area contributed by atoms with Crippen LogP contribution in [0.5, 0.6) is 0 Å². The third-order valence-corrected chi connectivity index (χ3v) is 2.65. The van der Waals surface area contributed by atoms with Gasteiger partial charge in [0.25, 0.3) is 0 Å². The Morgan fingerprint density at radius 2 is 2.50 bits per heavy atom. The Morgan fingerprint density at radius 3 is 3.06 bits per heavy atom. The number of nitrogens with one attached hydrogen (secondary N) is 1. The van der Waals surface area contributed by atoms with E-state index in [1.54, 1.807) is 7.11 Å². The minimum Gasteiger partial charge on any atom is -0.381 e. The zero-order valence-electron chi connectivity index (χ0n) is 9.09. The number of nitrogens with two attached hydrogens (primary N) is 1. The molecule has 16 heavy (non-hydrogen) atoms. The Morgan fingerprint density at radius 1 is 1.75 bits per heavy atom. The lowest BCUT2D eigenvalue weighted by Gasteiger charge is -2.34. The summed E-state index contributed by atoms with van der Waals surface area (Å²) in [5.41, 5.74) is 5.34. The molecule has 0 saturated heterocycles. The van der Waals surface area contributed by atoms with E-state index in [0.29, 0.717) is 0 Å². The van der Waals surface area contributed by atoms with E-state index >= 15 is 0 Å². The van der Waals surface area contributed by atoms with Crippen molar-refractivity contribution in [1.82, 2.24) is 20.1 Å². The molecule has 0 unspecified atom stereocenters. The highest BCUT2D eigenvalue weighted by atomic mass is 16.5. The fourth-order valence-corrected chi connectivity index (χ4v) is 1.68. The van der Waals surface area contributed by atoms with E-state index in [1.807, 2.05) is 0 Å². The van der Waals surface area contributed by atoms with E-state index < -0.39 is 0 Å². The van der Waals surface area contributed by atoms with E-state index in [-0.39, 0.29) is 30.5 Å². The van der Waals surface area contributed by atoms with Crippen LogP contribution in [0.4, 0.5) is 5.95 Å². The average molecular weight is 225 g/mol. The summed E-state index contributed by atoms with van der Waals surface area (Å²) in [5, 5.41) is 6.72. The van der Waals surface area contributed by atoms with E-state index in [1.165, 1.54) is 11.0 Å². The lowest BCUT2D eigenvalue weighted by molar-refractivity contribution is -0.124. The maximum atomic E-state index is 11.5. The quantitative estimate of drug-likeness (QED) is 0.696. The molecule has 0 spiro atoms. The molecular weight excluding hydrogens is 210 g/mol. The Kier molecular flexibility index (Phi) is 3.04. The summed E-state index contributed by atoms with van der Waals surface area (Å²) < 4.78 is 6.54. The number of methoxy groups -OCH3 is 1. The summed E-state index contributed by atoms with van der Waals surface area (Å²) in [5.74, 6) is 0.0975. The molecule has 1 amide bonds. The molecule has 7 heteroatoms. The SMILES string of the molecule is COC1CC(NC(=O)Cn2cnc(N)n2)C1. The van der Waals surface area contributed by atoms with Gasteiger partial charge < -0.3 is 15.8 Å². The van der Waals surface area contributed by atoms with Crippen molar-refractivity contribution in [3.63, 3.8) is 0 Å². The maximum absolute atomic E-state index is 11.5. The number of nitrogens with zero attached hydrogens (tertiary/aromatic N) is 3. The molecule has 0 radical (unpaired) electrons. The number of hydrogen-bond acceptors (Lipinski definition) is 5. The highest BCUT2D eigenvalue weighted by molar-refractivity contribution is 5.76. The first-order valence-electron chi connectivity index (χ1n) is 5.14. The number of ether oxygens (including phenoxy) is 1. The zero-order chi connectivity index (χ0) is 11.5. The largest absolute Gasteiger partial charge is 0.381 e. The number of carbonyl (C=O) groups is 1. The Bertz CT molecular complexity index is 372. The highest BCUT2D eigenvalue weighted by Gasteiger charge is 2.29. The standard InChI is InChI=1S/C9H15N5O2/c1-16-7-2-6(3-7)12-8(15)4-14-5-11-9(10)13-14/h5-7H,2-4H2,1H3,(H2,10,13)(H,12,15). The van der Waals surface area contributed by atoms with Gasteiger partial charge in [0.1, 0.15) is 12.9 Å². The molecule has 0 aliphatic heterocycles. The van der Waals surface area contributed by atoms with Crippen molar-refractivity contribution in [2.45, 2.75) is 31.5 Å². The molecule has 0 atom stereocenters. The monoisotopic (exact) mass is 225 g/mol. The van der Waals surface area contributed by atoms with Crippen LogP contribution in [-0.2, 0) is 16.1 Å². The number of aromatic nitrogens is 3. The highest BCUT2D eigenvalue weighted by Crippen LogP contribution is 2.22.